The summed E-state index contributed by atoms with van der Waals surface area (Å²) in [6, 6.07) is 12.4. The molecule has 3 heteroatoms. The minimum absolute atomic E-state index is 0.666. The van der Waals surface area contributed by atoms with E-state index in [2.05, 4.69) is 45.2 Å². The molecule has 1 atom stereocenters. The van der Waals surface area contributed by atoms with Gasteiger partial charge in [0.2, 0.25) is 0 Å². The third-order valence-electron chi connectivity index (χ3n) is 1.82. The van der Waals surface area contributed by atoms with Crippen molar-refractivity contribution in [2.45, 2.75) is 0 Å². The zero-order valence-electron chi connectivity index (χ0n) is 7.44. The number of benzene rings is 1. The second-order valence-electron chi connectivity index (χ2n) is 2.85. The highest BCUT2D eigenvalue weighted by atomic mass is 79.9. The molecule has 0 amide bonds. The average Bonchev–Trinajstić information content (AvgIpc) is 2.23. The first-order valence-corrected chi connectivity index (χ1v) is 6.07. The molecule has 0 saturated heterocycles. The van der Waals surface area contributed by atoms with Crippen LogP contribution in [0, 0.1) is 0 Å². The molecule has 1 nitrogen and oxygen atoms in total. The molecule has 1 aromatic carbocycles. The zero-order chi connectivity index (χ0) is 9.80. The summed E-state index contributed by atoms with van der Waals surface area (Å²) in [4.78, 5) is 4.12. The van der Waals surface area contributed by atoms with Crippen molar-refractivity contribution in [1.82, 2.24) is 4.98 Å². The third kappa shape index (κ3) is 2.40. The first-order chi connectivity index (χ1) is 6.86. The number of nitrogens with zero attached hydrogens (tertiary/aromatic N) is 1. The monoisotopic (exact) mass is 265 g/mol. The Kier molecular flexibility index (Phi) is 3.28. The van der Waals surface area contributed by atoms with Gasteiger partial charge in [-0.1, -0.05) is 54.8 Å². The van der Waals surface area contributed by atoms with Crippen LogP contribution in [0.1, 0.15) is 0 Å². The van der Waals surface area contributed by atoms with E-state index in [1.54, 1.807) is 6.20 Å². The van der Waals surface area contributed by atoms with E-state index in [0.717, 1.165) is 4.47 Å². The van der Waals surface area contributed by atoms with Crippen LogP contribution in [-0.4, -0.2) is 4.98 Å². The van der Waals surface area contributed by atoms with E-state index >= 15 is 0 Å². The summed E-state index contributed by atoms with van der Waals surface area (Å²) in [5, 5.41) is 2.58. The second kappa shape index (κ2) is 4.68. The van der Waals surface area contributed by atoms with Gasteiger partial charge >= 0.3 is 0 Å². The van der Waals surface area contributed by atoms with E-state index in [4.69, 9.17) is 0 Å². The molecule has 14 heavy (non-hydrogen) atoms. The minimum atomic E-state index is 0.666. The summed E-state index contributed by atoms with van der Waals surface area (Å²) in [5.74, 6) is 0. The lowest BCUT2D eigenvalue weighted by Gasteiger charge is -2.03. The van der Waals surface area contributed by atoms with Gasteiger partial charge in [-0.25, -0.2) is 0 Å². The number of hydrogen-bond acceptors (Lipinski definition) is 1. The molecule has 0 spiro atoms. The van der Waals surface area contributed by atoms with Crippen LogP contribution in [-0.2, 0) is 0 Å². The Hall–Kier alpha value is -0.720. The van der Waals surface area contributed by atoms with E-state index in [1.807, 2.05) is 18.3 Å². The van der Waals surface area contributed by atoms with Gasteiger partial charge in [0.05, 0.1) is 0 Å². The largest absolute Gasteiger partial charge is 0.264 e. The molecule has 0 aliphatic rings. The number of hydrogen-bond donors (Lipinski definition) is 0. The summed E-state index contributed by atoms with van der Waals surface area (Å²) < 4.78 is 1.13. The minimum Gasteiger partial charge on any atom is -0.264 e. The van der Waals surface area contributed by atoms with E-state index in [1.165, 1.54) is 10.6 Å². The quantitative estimate of drug-likeness (QED) is 0.761. The maximum Gasteiger partial charge on any atom is 0.0356 e. The van der Waals surface area contributed by atoms with Crippen molar-refractivity contribution in [1.29, 1.82) is 0 Å². The summed E-state index contributed by atoms with van der Waals surface area (Å²) in [6.07, 6.45) is 3.71. The molecule has 70 valence electrons. The Balaban J connectivity index is 2.24. The van der Waals surface area contributed by atoms with Crippen LogP contribution in [0.15, 0.2) is 53.3 Å². The normalized spacial score (nSPS) is 10.9. The number of rotatable bonds is 2. The zero-order valence-corrected chi connectivity index (χ0v) is 10.0. The maximum atomic E-state index is 4.12. The maximum absolute atomic E-state index is 4.12. The van der Waals surface area contributed by atoms with Gasteiger partial charge in [0.25, 0.3) is 0 Å². The van der Waals surface area contributed by atoms with Crippen LogP contribution in [0.25, 0.3) is 0 Å². The lowest BCUT2D eigenvalue weighted by molar-refractivity contribution is 1.34. The molecule has 0 aliphatic heterocycles. The van der Waals surface area contributed by atoms with Gasteiger partial charge in [0, 0.05) is 22.2 Å². The smallest absolute Gasteiger partial charge is 0.0356 e. The molecule has 0 aliphatic carbocycles. The van der Waals surface area contributed by atoms with Crippen LogP contribution in [0.2, 0.25) is 0 Å². The number of aromatic nitrogens is 1. The van der Waals surface area contributed by atoms with Gasteiger partial charge in [-0.3, -0.25) is 4.98 Å². The molecule has 1 aromatic heterocycles. The van der Waals surface area contributed by atoms with Crippen molar-refractivity contribution in [3.8, 4) is 0 Å². The molecule has 0 fully saturated rings. The van der Waals surface area contributed by atoms with Crippen molar-refractivity contribution in [2.75, 3.05) is 0 Å². The molecular weight excluding hydrogens is 257 g/mol. The highest BCUT2D eigenvalue weighted by Crippen LogP contribution is 2.16. The van der Waals surface area contributed by atoms with Crippen molar-refractivity contribution >= 4 is 35.1 Å². The average molecular weight is 266 g/mol. The summed E-state index contributed by atoms with van der Waals surface area (Å²) in [6.45, 7) is 0. The lowest BCUT2D eigenvalue weighted by atomic mass is 10.4. The summed E-state index contributed by atoms with van der Waals surface area (Å²) >= 11 is 3.52. The number of pyridine rings is 1. The van der Waals surface area contributed by atoms with Gasteiger partial charge in [-0.15, -0.1) is 0 Å². The Morgan fingerprint density at radius 1 is 1.07 bits per heavy atom. The fourth-order valence-corrected chi connectivity index (χ4v) is 2.68. The first kappa shape index (κ1) is 9.82. The molecule has 1 heterocycles. The van der Waals surface area contributed by atoms with Crippen LogP contribution in [0.5, 0.6) is 0 Å². The molecule has 0 saturated carbocycles. The van der Waals surface area contributed by atoms with Crippen LogP contribution in [0.4, 0.5) is 0 Å². The molecule has 2 rings (SSSR count). The Labute approximate surface area is 93.5 Å². The van der Waals surface area contributed by atoms with Crippen LogP contribution >= 0.6 is 24.5 Å². The Bertz CT molecular complexity index is 417. The molecule has 2 aromatic rings. The van der Waals surface area contributed by atoms with Crippen molar-refractivity contribution in [3.63, 3.8) is 0 Å². The summed E-state index contributed by atoms with van der Waals surface area (Å²) in [5.41, 5.74) is 0. The Morgan fingerprint density at radius 3 is 2.57 bits per heavy atom. The van der Waals surface area contributed by atoms with Gasteiger partial charge in [0.1, 0.15) is 0 Å². The molecular formula is C11H9BrNP. The molecule has 0 bridgehead atoms. The van der Waals surface area contributed by atoms with E-state index in [0.29, 0.717) is 8.58 Å². The van der Waals surface area contributed by atoms with Crippen molar-refractivity contribution in [3.05, 3.63) is 53.3 Å². The highest BCUT2D eigenvalue weighted by Gasteiger charge is 1.99. The molecule has 0 radical (unpaired) electrons. The molecule has 0 N–H and O–H groups in total. The number of halogens is 1. The predicted octanol–water partition coefficient (Wildman–Crippen LogP) is 2.47. The van der Waals surface area contributed by atoms with Gasteiger partial charge < -0.3 is 0 Å². The fraction of sp³-hybridized carbons (Fsp3) is 0. The van der Waals surface area contributed by atoms with E-state index < -0.39 is 0 Å². The SMILES string of the molecule is Brc1ccncc1Pc1ccccc1. The third-order valence-corrected chi connectivity index (χ3v) is 4.17. The van der Waals surface area contributed by atoms with Crippen LogP contribution < -0.4 is 10.6 Å². The van der Waals surface area contributed by atoms with Crippen molar-refractivity contribution < 1.29 is 0 Å². The van der Waals surface area contributed by atoms with E-state index in [9.17, 15) is 0 Å². The van der Waals surface area contributed by atoms with Gasteiger partial charge in [-0.2, -0.15) is 0 Å². The fourth-order valence-electron chi connectivity index (χ4n) is 1.15. The summed E-state index contributed by atoms with van der Waals surface area (Å²) in [7, 11) is 0.666. The Morgan fingerprint density at radius 2 is 1.86 bits per heavy atom. The highest BCUT2D eigenvalue weighted by molar-refractivity contribution is 9.10. The second-order valence-corrected chi connectivity index (χ2v) is 5.07. The first-order valence-electron chi connectivity index (χ1n) is 4.28. The van der Waals surface area contributed by atoms with Crippen LogP contribution in [0.3, 0.4) is 0 Å². The molecule has 1 unspecified atom stereocenters. The predicted molar refractivity (Wildman–Crippen MR) is 66.0 cm³/mol. The van der Waals surface area contributed by atoms with Gasteiger partial charge in [-0.05, 0) is 11.4 Å². The van der Waals surface area contributed by atoms with E-state index in [-0.39, 0.29) is 0 Å². The topological polar surface area (TPSA) is 12.9 Å². The standard InChI is InChI=1S/C11H9BrNP/c12-10-6-7-13-8-11(10)14-9-4-2-1-3-5-9/h1-8,14H. The van der Waals surface area contributed by atoms with Crippen molar-refractivity contribution in [2.24, 2.45) is 0 Å². The lowest BCUT2D eigenvalue weighted by Crippen LogP contribution is -2.04. The van der Waals surface area contributed by atoms with Gasteiger partial charge in [0.15, 0.2) is 0 Å².